The molecule has 0 spiro atoms. The van der Waals surface area contributed by atoms with Crippen molar-refractivity contribution in [3.05, 3.63) is 54.6 Å². The molecule has 0 unspecified atom stereocenters. The number of amides is 1. The Kier molecular flexibility index (Phi) is 6.60. The lowest BCUT2D eigenvalue weighted by Gasteiger charge is -2.27. The van der Waals surface area contributed by atoms with Crippen LogP contribution in [0.3, 0.4) is 0 Å². The number of likely N-dealkylation sites (tertiary alicyclic amines) is 1. The number of rotatable bonds is 6. The second-order valence-corrected chi connectivity index (χ2v) is 6.91. The molecule has 0 bridgehead atoms. The Labute approximate surface area is 160 Å². The van der Waals surface area contributed by atoms with E-state index in [1.807, 2.05) is 61.5 Å². The molecule has 0 aliphatic carbocycles. The zero-order valence-corrected chi connectivity index (χ0v) is 15.7. The Morgan fingerprint density at radius 2 is 1.70 bits per heavy atom. The van der Waals surface area contributed by atoms with Crippen molar-refractivity contribution in [2.45, 2.75) is 19.8 Å². The van der Waals surface area contributed by atoms with Crippen molar-refractivity contribution in [1.29, 1.82) is 0 Å². The van der Waals surface area contributed by atoms with Crippen LogP contribution in [-0.2, 0) is 14.3 Å². The van der Waals surface area contributed by atoms with E-state index in [0.717, 1.165) is 42.7 Å². The van der Waals surface area contributed by atoms with Crippen molar-refractivity contribution in [1.82, 2.24) is 0 Å². The molecule has 1 aliphatic heterocycles. The molecule has 1 heterocycles. The summed E-state index contributed by atoms with van der Waals surface area (Å²) in [5.41, 5.74) is 2.92. The Balaban J connectivity index is 1.56. The van der Waals surface area contributed by atoms with Gasteiger partial charge in [-0.3, -0.25) is 9.59 Å². The monoisotopic (exact) mass is 367 g/mol. The normalized spacial score (nSPS) is 19.3. The highest BCUT2D eigenvalue weighted by molar-refractivity contribution is 5.96. The van der Waals surface area contributed by atoms with Crippen molar-refractivity contribution < 1.29 is 19.2 Å². The molecule has 142 valence electrons. The smallest absolute Gasteiger partial charge is 0.309 e. The van der Waals surface area contributed by atoms with Gasteiger partial charge in [0.2, 0.25) is 0 Å². The van der Waals surface area contributed by atoms with Gasteiger partial charge in [0.15, 0.2) is 6.54 Å². The van der Waals surface area contributed by atoms with Gasteiger partial charge in [-0.25, -0.2) is 0 Å². The van der Waals surface area contributed by atoms with E-state index in [1.54, 1.807) is 0 Å². The SMILES string of the molecule is CCOC(=O)C1CC[NH+](CC(=O)Nc2ccccc2-c2ccccc2)CC1. The fourth-order valence-electron chi connectivity index (χ4n) is 3.58. The van der Waals surface area contributed by atoms with Crippen LogP contribution < -0.4 is 10.2 Å². The third kappa shape index (κ3) is 5.17. The standard InChI is InChI=1S/C22H26N2O3/c1-2-27-22(26)18-12-14-24(15-13-18)16-21(25)23-20-11-7-6-10-19(20)17-8-4-3-5-9-17/h3-11,18H,2,12-16H2,1H3,(H,23,25)/p+1. The third-order valence-electron chi connectivity index (χ3n) is 5.01. The molecule has 1 saturated heterocycles. The zero-order valence-electron chi connectivity index (χ0n) is 15.7. The molecule has 0 aromatic heterocycles. The van der Waals surface area contributed by atoms with E-state index < -0.39 is 0 Å². The molecule has 2 aromatic rings. The minimum atomic E-state index is -0.0993. The molecule has 3 rings (SSSR count). The summed E-state index contributed by atoms with van der Waals surface area (Å²) in [5, 5.41) is 3.06. The zero-order chi connectivity index (χ0) is 19.1. The third-order valence-corrected chi connectivity index (χ3v) is 5.01. The van der Waals surface area contributed by atoms with E-state index in [2.05, 4.69) is 5.32 Å². The Morgan fingerprint density at radius 1 is 1.04 bits per heavy atom. The van der Waals surface area contributed by atoms with Crippen LogP contribution in [0.2, 0.25) is 0 Å². The Hall–Kier alpha value is -2.66. The molecule has 1 amide bonds. The summed E-state index contributed by atoms with van der Waals surface area (Å²) in [4.78, 5) is 25.6. The van der Waals surface area contributed by atoms with Crippen LogP contribution in [0.4, 0.5) is 5.69 Å². The minimum Gasteiger partial charge on any atom is -0.466 e. The van der Waals surface area contributed by atoms with E-state index in [4.69, 9.17) is 4.74 Å². The first kappa shape index (κ1) is 19.1. The highest BCUT2D eigenvalue weighted by atomic mass is 16.5. The molecule has 0 atom stereocenters. The maximum Gasteiger partial charge on any atom is 0.309 e. The summed E-state index contributed by atoms with van der Waals surface area (Å²) in [6.45, 7) is 4.30. The minimum absolute atomic E-state index is 0.00275. The largest absolute Gasteiger partial charge is 0.466 e. The van der Waals surface area contributed by atoms with E-state index in [0.29, 0.717) is 13.2 Å². The average molecular weight is 367 g/mol. The maximum absolute atomic E-state index is 12.6. The highest BCUT2D eigenvalue weighted by Crippen LogP contribution is 2.27. The lowest BCUT2D eigenvalue weighted by molar-refractivity contribution is -0.897. The number of carbonyl (C=O) groups excluding carboxylic acids is 2. The Bertz CT molecular complexity index is 768. The van der Waals surface area contributed by atoms with Gasteiger partial charge in [0.25, 0.3) is 5.91 Å². The van der Waals surface area contributed by atoms with E-state index in [1.165, 1.54) is 4.90 Å². The number of benzene rings is 2. The van der Waals surface area contributed by atoms with Crippen LogP contribution in [-0.4, -0.2) is 38.1 Å². The van der Waals surface area contributed by atoms with Crippen molar-refractivity contribution >= 4 is 17.6 Å². The lowest BCUT2D eigenvalue weighted by atomic mass is 9.97. The molecule has 5 nitrogen and oxygen atoms in total. The predicted octanol–water partition coefficient (Wildman–Crippen LogP) is 2.15. The van der Waals surface area contributed by atoms with E-state index >= 15 is 0 Å². The molecule has 0 saturated carbocycles. The number of hydrogen-bond acceptors (Lipinski definition) is 3. The molecule has 1 fully saturated rings. The number of quaternary nitrogens is 1. The van der Waals surface area contributed by atoms with Crippen LogP contribution >= 0.6 is 0 Å². The molecule has 2 N–H and O–H groups in total. The van der Waals surface area contributed by atoms with Gasteiger partial charge < -0.3 is 15.0 Å². The van der Waals surface area contributed by atoms with Gasteiger partial charge in [-0.2, -0.15) is 0 Å². The van der Waals surface area contributed by atoms with Gasteiger partial charge in [0.05, 0.1) is 25.6 Å². The number of para-hydroxylation sites is 1. The summed E-state index contributed by atoms with van der Waals surface area (Å²) >= 11 is 0. The second-order valence-electron chi connectivity index (χ2n) is 6.91. The fraction of sp³-hybridized carbons (Fsp3) is 0.364. The summed E-state index contributed by atoms with van der Waals surface area (Å²) in [5.74, 6) is -0.115. The van der Waals surface area contributed by atoms with Crippen LogP contribution in [0.5, 0.6) is 0 Å². The maximum atomic E-state index is 12.6. The quantitative estimate of drug-likeness (QED) is 0.769. The van der Waals surface area contributed by atoms with Crippen molar-refractivity contribution in [2.24, 2.45) is 5.92 Å². The molecule has 2 aromatic carbocycles. The van der Waals surface area contributed by atoms with Gasteiger partial charge >= 0.3 is 5.97 Å². The molecule has 27 heavy (non-hydrogen) atoms. The molecular weight excluding hydrogens is 340 g/mol. The van der Waals surface area contributed by atoms with Gasteiger partial charge in [0.1, 0.15) is 0 Å². The number of ether oxygens (including phenoxy) is 1. The number of nitrogens with one attached hydrogen (secondary N) is 2. The summed E-state index contributed by atoms with van der Waals surface area (Å²) < 4.78 is 5.10. The van der Waals surface area contributed by atoms with Crippen molar-refractivity contribution in [2.75, 3.05) is 31.6 Å². The number of piperidine rings is 1. The first-order chi connectivity index (χ1) is 13.2. The Morgan fingerprint density at radius 3 is 2.41 bits per heavy atom. The number of esters is 1. The van der Waals surface area contributed by atoms with Crippen LogP contribution in [0.15, 0.2) is 54.6 Å². The van der Waals surface area contributed by atoms with Crippen LogP contribution in [0.1, 0.15) is 19.8 Å². The van der Waals surface area contributed by atoms with Gasteiger partial charge in [-0.15, -0.1) is 0 Å². The lowest BCUT2D eigenvalue weighted by Crippen LogP contribution is -3.14. The highest BCUT2D eigenvalue weighted by Gasteiger charge is 2.29. The van der Waals surface area contributed by atoms with Crippen molar-refractivity contribution in [3.8, 4) is 11.1 Å². The van der Waals surface area contributed by atoms with Crippen LogP contribution in [0.25, 0.3) is 11.1 Å². The van der Waals surface area contributed by atoms with Gasteiger partial charge in [-0.1, -0.05) is 48.5 Å². The fourth-order valence-corrected chi connectivity index (χ4v) is 3.58. The topological polar surface area (TPSA) is 59.8 Å². The number of carbonyl (C=O) groups is 2. The molecular formula is C22H27N2O3+. The second kappa shape index (κ2) is 9.33. The molecule has 1 aliphatic rings. The van der Waals surface area contributed by atoms with Crippen LogP contribution in [0, 0.1) is 5.92 Å². The average Bonchev–Trinajstić information content (AvgIpc) is 2.70. The summed E-state index contributed by atoms with van der Waals surface area (Å²) in [6.07, 6.45) is 1.56. The summed E-state index contributed by atoms with van der Waals surface area (Å²) in [6, 6.07) is 17.9. The van der Waals surface area contributed by atoms with E-state index in [-0.39, 0.29) is 17.8 Å². The van der Waals surface area contributed by atoms with Gasteiger partial charge in [-0.05, 0) is 18.6 Å². The molecule has 0 radical (unpaired) electrons. The first-order valence-corrected chi connectivity index (χ1v) is 9.62. The predicted molar refractivity (Wildman–Crippen MR) is 105 cm³/mol. The summed E-state index contributed by atoms with van der Waals surface area (Å²) in [7, 11) is 0. The number of anilines is 1. The first-order valence-electron chi connectivity index (χ1n) is 9.62. The van der Waals surface area contributed by atoms with Crippen molar-refractivity contribution in [3.63, 3.8) is 0 Å². The van der Waals surface area contributed by atoms with Gasteiger partial charge in [0, 0.05) is 24.1 Å². The number of hydrogen-bond donors (Lipinski definition) is 2. The van der Waals surface area contributed by atoms with E-state index in [9.17, 15) is 9.59 Å². The molecule has 5 heteroatoms.